The Labute approximate surface area is 165 Å². The van der Waals surface area contributed by atoms with Crippen molar-refractivity contribution in [1.82, 2.24) is 5.32 Å². The number of rotatable bonds is 7. The zero-order chi connectivity index (χ0) is 20.8. The minimum absolute atomic E-state index is 0.00889. The standard InChI is InChI=1S/C22H18F2N2O3/c23-18-8-7-17(12-19(18)24)26-22(29)13-25-21(28)10-9-20(27)16-6-5-14-3-1-2-4-15(14)11-16/h1-8,11-12H,9-10,13H2,(H,25,28)(H,26,29). The summed E-state index contributed by atoms with van der Waals surface area (Å²) < 4.78 is 26.0. The SMILES string of the molecule is O=C(CCC(=O)c1ccc2ccccc2c1)NCC(=O)Nc1ccc(F)c(F)c1. The molecule has 0 fully saturated rings. The summed E-state index contributed by atoms with van der Waals surface area (Å²) in [5.41, 5.74) is 0.599. The van der Waals surface area contributed by atoms with Gasteiger partial charge in [0.2, 0.25) is 11.8 Å². The predicted octanol–water partition coefficient (Wildman–Crippen LogP) is 3.84. The first-order chi connectivity index (χ1) is 13.9. The van der Waals surface area contributed by atoms with Crippen LogP contribution in [0.4, 0.5) is 14.5 Å². The molecule has 3 aromatic carbocycles. The molecule has 2 amide bonds. The number of ketones is 1. The first-order valence-electron chi connectivity index (χ1n) is 8.96. The van der Waals surface area contributed by atoms with Crippen LogP contribution in [0, 0.1) is 11.6 Å². The van der Waals surface area contributed by atoms with Crippen LogP contribution in [0.3, 0.4) is 0 Å². The van der Waals surface area contributed by atoms with E-state index in [2.05, 4.69) is 10.6 Å². The van der Waals surface area contributed by atoms with E-state index in [9.17, 15) is 23.2 Å². The quantitative estimate of drug-likeness (QED) is 0.596. The van der Waals surface area contributed by atoms with Gasteiger partial charge in [-0.1, -0.05) is 36.4 Å². The lowest BCUT2D eigenvalue weighted by atomic mass is 10.0. The van der Waals surface area contributed by atoms with Crippen LogP contribution < -0.4 is 10.6 Å². The lowest BCUT2D eigenvalue weighted by Gasteiger charge is -2.07. The first kappa shape index (κ1) is 20.1. The Hall–Kier alpha value is -3.61. The number of fused-ring (bicyclic) bond motifs is 1. The zero-order valence-corrected chi connectivity index (χ0v) is 15.4. The number of anilines is 1. The van der Waals surface area contributed by atoms with Gasteiger partial charge < -0.3 is 10.6 Å². The molecule has 0 heterocycles. The molecule has 3 aromatic rings. The number of hydrogen-bond donors (Lipinski definition) is 2. The monoisotopic (exact) mass is 396 g/mol. The minimum Gasteiger partial charge on any atom is -0.347 e. The van der Waals surface area contributed by atoms with Crippen molar-refractivity contribution in [2.24, 2.45) is 0 Å². The summed E-state index contributed by atoms with van der Waals surface area (Å²) in [5, 5.41) is 6.70. The smallest absolute Gasteiger partial charge is 0.243 e. The first-order valence-corrected chi connectivity index (χ1v) is 8.96. The molecule has 3 rings (SSSR count). The molecule has 0 aliphatic carbocycles. The fourth-order valence-electron chi connectivity index (χ4n) is 2.78. The number of halogens is 2. The average molecular weight is 396 g/mol. The Kier molecular flexibility index (Phi) is 6.29. The molecule has 0 saturated heterocycles. The molecule has 0 aliphatic rings. The molecular weight excluding hydrogens is 378 g/mol. The van der Waals surface area contributed by atoms with Crippen LogP contribution in [0.2, 0.25) is 0 Å². The number of carbonyl (C=O) groups excluding carboxylic acids is 3. The van der Waals surface area contributed by atoms with E-state index in [0.29, 0.717) is 5.56 Å². The summed E-state index contributed by atoms with van der Waals surface area (Å²) in [5.74, 6) is -3.33. The molecule has 0 aliphatic heterocycles. The number of nitrogens with one attached hydrogen (secondary N) is 2. The molecule has 0 bridgehead atoms. The summed E-state index contributed by atoms with van der Waals surface area (Å²) in [6.45, 7) is -0.345. The molecule has 0 saturated carbocycles. The number of amides is 2. The van der Waals surface area contributed by atoms with Crippen LogP contribution in [0.15, 0.2) is 60.7 Å². The van der Waals surface area contributed by atoms with Crippen molar-refractivity contribution in [1.29, 1.82) is 0 Å². The van der Waals surface area contributed by atoms with Gasteiger partial charge >= 0.3 is 0 Å². The maximum absolute atomic E-state index is 13.1. The Morgan fingerprint density at radius 1 is 0.759 bits per heavy atom. The molecular formula is C22H18F2N2O3. The summed E-state index contributed by atoms with van der Waals surface area (Å²) in [7, 11) is 0. The molecule has 0 unspecified atom stereocenters. The topological polar surface area (TPSA) is 75.3 Å². The van der Waals surface area contributed by atoms with Crippen LogP contribution in [0.1, 0.15) is 23.2 Å². The van der Waals surface area contributed by atoms with Gasteiger partial charge in [0.05, 0.1) is 6.54 Å². The van der Waals surface area contributed by atoms with Crippen LogP contribution in [0.25, 0.3) is 10.8 Å². The summed E-state index contributed by atoms with van der Waals surface area (Å²) in [4.78, 5) is 36.0. The Balaban J connectivity index is 1.45. The maximum atomic E-state index is 13.1. The van der Waals surface area contributed by atoms with Gasteiger partial charge in [-0.15, -0.1) is 0 Å². The van der Waals surface area contributed by atoms with E-state index in [1.807, 2.05) is 30.3 Å². The van der Waals surface area contributed by atoms with Crippen molar-refractivity contribution in [3.05, 3.63) is 77.9 Å². The van der Waals surface area contributed by atoms with E-state index >= 15 is 0 Å². The summed E-state index contributed by atoms with van der Waals surface area (Å²) >= 11 is 0. The molecule has 148 valence electrons. The number of hydrogen-bond acceptors (Lipinski definition) is 3. The van der Waals surface area contributed by atoms with Crippen LogP contribution in [0.5, 0.6) is 0 Å². The molecule has 2 N–H and O–H groups in total. The van der Waals surface area contributed by atoms with Gasteiger partial charge in [0.15, 0.2) is 17.4 Å². The van der Waals surface area contributed by atoms with Crippen molar-refractivity contribution in [3.8, 4) is 0 Å². The molecule has 0 aromatic heterocycles. The maximum Gasteiger partial charge on any atom is 0.243 e. The Morgan fingerprint density at radius 2 is 1.52 bits per heavy atom. The second kappa shape index (κ2) is 9.05. The largest absolute Gasteiger partial charge is 0.347 e. The van der Waals surface area contributed by atoms with Crippen molar-refractivity contribution in [2.75, 3.05) is 11.9 Å². The van der Waals surface area contributed by atoms with Crippen LogP contribution in [-0.4, -0.2) is 24.1 Å². The van der Waals surface area contributed by atoms with Crippen molar-refractivity contribution < 1.29 is 23.2 Å². The van der Waals surface area contributed by atoms with Gasteiger partial charge in [-0.2, -0.15) is 0 Å². The van der Waals surface area contributed by atoms with Gasteiger partial charge in [0, 0.05) is 30.2 Å². The predicted molar refractivity (Wildman–Crippen MR) is 106 cm³/mol. The van der Waals surface area contributed by atoms with E-state index in [1.54, 1.807) is 12.1 Å². The molecule has 7 heteroatoms. The van der Waals surface area contributed by atoms with Crippen LogP contribution in [-0.2, 0) is 9.59 Å². The van der Waals surface area contributed by atoms with E-state index < -0.39 is 23.4 Å². The van der Waals surface area contributed by atoms with Crippen molar-refractivity contribution in [3.63, 3.8) is 0 Å². The van der Waals surface area contributed by atoms with E-state index in [-0.39, 0.29) is 30.9 Å². The third kappa shape index (κ3) is 5.44. The van der Waals surface area contributed by atoms with Crippen molar-refractivity contribution >= 4 is 34.1 Å². The second-order valence-electron chi connectivity index (χ2n) is 6.44. The normalized spacial score (nSPS) is 10.6. The summed E-state index contributed by atoms with van der Waals surface area (Å²) in [6, 6.07) is 16.0. The zero-order valence-electron chi connectivity index (χ0n) is 15.4. The number of benzene rings is 3. The lowest BCUT2D eigenvalue weighted by Crippen LogP contribution is -2.33. The lowest BCUT2D eigenvalue weighted by molar-refractivity contribution is -0.124. The van der Waals surface area contributed by atoms with E-state index in [0.717, 1.165) is 22.9 Å². The van der Waals surface area contributed by atoms with Gasteiger partial charge in [0.1, 0.15) is 0 Å². The minimum atomic E-state index is -1.08. The molecule has 0 spiro atoms. The fourth-order valence-corrected chi connectivity index (χ4v) is 2.78. The van der Waals surface area contributed by atoms with Gasteiger partial charge in [-0.3, -0.25) is 14.4 Å². The van der Waals surface area contributed by atoms with Gasteiger partial charge in [-0.25, -0.2) is 8.78 Å². The third-order valence-corrected chi connectivity index (χ3v) is 4.30. The fraction of sp³-hybridized carbons (Fsp3) is 0.136. The summed E-state index contributed by atoms with van der Waals surface area (Å²) in [6.07, 6.45) is -0.0565. The Bertz CT molecular complexity index is 1080. The number of Topliss-reactive ketones (excluding diaryl/α,β-unsaturated/α-hetero) is 1. The second-order valence-corrected chi connectivity index (χ2v) is 6.44. The highest BCUT2D eigenvalue weighted by atomic mass is 19.2. The van der Waals surface area contributed by atoms with Gasteiger partial charge in [-0.05, 0) is 29.0 Å². The number of carbonyl (C=O) groups is 3. The molecule has 5 nitrogen and oxygen atoms in total. The van der Waals surface area contributed by atoms with E-state index in [4.69, 9.17) is 0 Å². The van der Waals surface area contributed by atoms with Crippen molar-refractivity contribution in [2.45, 2.75) is 12.8 Å². The highest BCUT2D eigenvalue weighted by Gasteiger charge is 2.12. The van der Waals surface area contributed by atoms with Gasteiger partial charge in [0.25, 0.3) is 0 Å². The highest BCUT2D eigenvalue weighted by molar-refractivity contribution is 6.01. The molecule has 0 atom stereocenters. The molecule has 0 radical (unpaired) electrons. The molecule has 29 heavy (non-hydrogen) atoms. The average Bonchev–Trinajstić information content (AvgIpc) is 2.72. The third-order valence-electron chi connectivity index (χ3n) is 4.30. The highest BCUT2D eigenvalue weighted by Crippen LogP contribution is 2.17. The van der Waals surface area contributed by atoms with Crippen LogP contribution >= 0.6 is 0 Å². The van der Waals surface area contributed by atoms with E-state index in [1.165, 1.54) is 6.07 Å². The Morgan fingerprint density at radius 3 is 2.28 bits per heavy atom.